The maximum absolute atomic E-state index is 12.0. The van der Waals surface area contributed by atoms with Crippen LogP contribution in [0, 0.1) is 0 Å². The quantitative estimate of drug-likeness (QED) is 0.683. The lowest BCUT2D eigenvalue weighted by Crippen LogP contribution is -2.29. The molecule has 1 atom stereocenters. The number of carbonyl (C=O) groups is 3. The van der Waals surface area contributed by atoms with E-state index >= 15 is 0 Å². The summed E-state index contributed by atoms with van der Waals surface area (Å²) in [6.45, 7) is 1.31. The molecule has 1 saturated heterocycles. The third-order valence-corrected chi connectivity index (χ3v) is 4.38. The normalized spacial score (nSPS) is 18.9. The number of rotatable bonds is 4. The summed E-state index contributed by atoms with van der Waals surface area (Å²) in [6.07, 6.45) is 0.0108. The van der Waals surface area contributed by atoms with E-state index in [1.54, 1.807) is 12.1 Å². The number of benzene rings is 1. The van der Waals surface area contributed by atoms with Crippen LogP contribution in [0.15, 0.2) is 33.8 Å². The molecule has 3 amide bonds. The van der Waals surface area contributed by atoms with E-state index in [1.807, 2.05) is 12.1 Å². The fraction of sp³-hybridized carbons (Fsp3) is 0.231. The number of para-hydroxylation sites is 1. The van der Waals surface area contributed by atoms with Crippen molar-refractivity contribution in [1.82, 2.24) is 10.7 Å². The number of amidine groups is 1. The molecule has 1 aromatic carbocycles. The molecule has 1 heterocycles. The van der Waals surface area contributed by atoms with Crippen LogP contribution in [0.25, 0.3) is 0 Å². The van der Waals surface area contributed by atoms with Crippen molar-refractivity contribution in [1.29, 1.82) is 0 Å². The second kappa shape index (κ2) is 7.41. The molecule has 1 aliphatic rings. The molecule has 0 aliphatic carbocycles. The fourth-order valence-corrected chi connectivity index (χ4v) is 2.97. The van der Waals surface area contributed by atoms with Crippen LogP contribution >= 0.6 is 27.7 Å². The first-order chi connectivity index (χ1) is 10.5. The zero-order valence-electron chi connectivity index (χ0n) is 11.6. The van der Waals surface area contributed by atoms with Crippen molar-refractivity contribution in [2.24, 2.45) is 5.10 Å². The van der Waals surface area contributed by atoms with E-state index in [4.69, 9.17) is 0 Å². The topological polar surface area (TPSA) is 99.7 Å². The van der Waals surface area contributed by atoms with Crippen LogP contribution in [0.1, 0.15) is 13.3 Å². The molecule has 116 valence electrons. The van der Waals surface area contributed by atoms with Gasteiger partial charge in [-0.2, -0.15) is 0 Å². The molecule has 7 nitrogen and oxygen atoms in total. The van der Waals surface area contributed by atoms with Gasteiger partial charge < -0.3 is 10.6 Å². The van der Waals surface area contributed by atoms with Gasteiger partial charge >= 0.3 is 0 Å². The fourth-order valence-electron chi connectivity index (χ4n) is 1.65. The van der Waals surface area contributed by atoms with Crippen molar-refractivity contribution in [2.45, 2.75) is 18.6 Å². The molecule has 3 N–H and O–H groups in total. The van der Waals surface area contributed by atoms with Crippen molar-refractivity contribution < 1.29 is 14.4 Å². The predicted molar refractivity (Wildman–Crippen MR) is 88.2 cm³/mol. The lowest BCUT2D eigenvalue weighted by Gasteiger charge is -2.08. The molecular weight excluding hydrogens is 372 g/mol. The van der Waals surface area contributed by atoms with Gasteiger partial charge in [-0.1, -0.05) is 23.9 Å². The minimum absolute atomic E-state index is 0.0108. The highest BCUT2D eigenvalue weighted by atomic mass is 79.9. The number of halogens is 1. The number of hydrazone groups is 1. The number of carbonyl (C=O) groups excluding carboxylic acids is 3. The van der Waals surface area contributed by atoms with Crippen molar-refractivity contribution in [3.8, 4) is 0 Å². The monoisotopic (exact) mass is 384 g/mol. The van der Waals surface area contributed by atoms with Crippen LogP contribution in [0.5, 0.6) is 0 Å². The third-order valence-electron chi connectivity index (χ3n) is 2.61. The molecule has 1 aromatic rings. The van der Waals surface area contributed by atoms with Crippen molar-refractivity contribution in [2.75, 3.05) is 5.32 Å². The van der Waals surface area contributed by atoms with E-state index in [1.165, 1.54) is 6.92 Å². The summed E-state index contributed by atoms with van der Waals surface area (Å²) >= 11 is 4.44. The molecule has 0 unspecified atom stereocenters. The van der Waals surface area contributed by atoms with E-state index < -0.39 is 5.25 Å². The van der Waals surface area contributed by atoms with Gasteiger partial charge in [0.25, 0.3) is 0 Å². The Hall–Kier alpha value is -1.87. The van der Waals surface area contributed by atoms with Gasteiger partial charge in [-0.3, -0.25) is 14.4 Å². The van der Waals surface area contributed by atoms with Crippen LogP contribution in [0.3, 0.4) is 0 Å². The van der Waals surface area contributed by atoms with Crippen LogP contribution in [-0.2, 0) is 14.4 Å². The Labute approximate surface area is 139 Å². The number of thioether (sulfide) groups is 1. The first-order valence-corrected chi connectivity index (χ1v) is 7.99. The van der Waals surface area contributed by atoms with Gasteiger partial charge in [0, 0.05) is 17.8 Å². The molecule has 9 heteroatoms. The predicted octanol–water partition coefficient (Wildman–Crippen LogP) is 1.42. The summed E-state index contributed by atoms with van der Waals surface area (Å²) in [5.74, 6) is -0.922. The van der Waals surface area contributed by atoms with Crippen LogP contribution < -0.4 is 16.1 Å². The lowest BCUT2D eigenvalue weighted by molar-refractivity contribution is -0.122. The highest BCUT2D eigenvalue weighted by molar-refractivity contribution is 9.10. The summed E-state index contributed by atoms with van der Waals surface area (Å²) in [5, 5.41) is 8.68. The smallest absolute Gasteiger partial charge is 0.240 e. The minimum atomic E-state index is -0.574. The second-order valence-corrected chi connectivity index (χ2v) is 6.46. The number of amides is 3. The van der Waals surface area contributed by atoms with Crippen molar-refractivity contribution in [3.63, 3.8) is 0 Å². The highest BCUT2D eigenvalue weighted by Gasteiger charge is 2.32. The molecule has 22 heavy (non-hydrogen) atoms. The van der Waals surface area contributed by atoms with Crippen LogP contribution in [0.2, 0.25) is 0 Å². The van der Waals surface area contributed by atoms with E-state index in [0.717, 1.165) is 16.2 Å². The number of nitrogens with zero attached hydrogens (tertiary/aromatic N) is 1. The maximum atomic E-state index is 12.0. The second-order valence-electron chi connectivity index (χ2n) is 4.41. The van der Waals surface area contributed by atoms with Gasteiger partial charge in [-0.15, -0.1) is 5.10 Å². The molecule has 1 fully saturated rings. The average molecular weight is 385 g/mol. The molecule has 0 saturated carbocycles. The molecule has 1 aliphatic heterocycles. The molecule has 0 spiro atoms. The Morgan fingerprint density at radius 2 is 2.14 bits per heavy atom. The molecule has 0 bridgehead atoms. The van der Waals surface area contributed by atoms with Gasteiger partial charge in [-0.25, -0.2) is 5.43 Å². The van der Waals surface area contributed by atoms with Crippen LogP contribution in [-0.4, -0.2) is 28.1 Å². The third kappa shape index (κ3) is 4.57. The zero-order chi connectivity index (χ0) is 16.1. The van der Waals surface area contributed by atoms with E-state index in [0.29, 0.717) is 5.69 Å². The highest BCUT2D eigenvalue weighted by Crippen LogP contribution is 2.25. The first-order valence-electron chi connectivity index (χ1n) is 6.32. The Kier molecular flexibility index (Phi) is 5.56. The minimum Gasteiger partial charge on any atom is -0.325 e. The summed E-state index contributed by atoms with van der Waals surface area (Å²) in [5.41, 5.74) is 2.88. The summed E-state index contributed by atoms with van der Waals surface area (Å²) in [4.78, 5) is 34.5. The number of hydrogen-bond acceptors (Lipinski definition) is 5. The Balaban J connectivity index is 1.92. The number of nitrogens with one attached hydrogen (secondary N) is 3. The molecular formula is C13H13BrN4O3S. The van der Waals surface area contributed by atoms with Gasteiger partial charge in [0.05, 0.1) is 5.69 Å². The molecule has 0 aromatic heterocycles. The van der Waals surface area contributed by atoms with E-state index in [2.05, 4.69) is 37.1 Å². The Morgan fingerprint density at radius 1 is 1.41 bits per heavy atom. The van der Waals surface area contributed by atoms with Gasteiger partial charge in [0.1, 0.15) is 5.25 Å². The number of anilines is 1. The molecule has 2 rings (SSSR count). The summed E-state index contributed by atoms with van der Waals surface area (Å²) in [7, 11) is 0. The summed E-state index contributed by atoms with van der Waals surface area (Å²) < 4.78 is 0.764. The zero-order valence-corrected chi connectivity index (χ0v) is 14.0. The average Bonchev–Trinajstić information content (AvgIpc) is 2.79. The molecule has 0 radical (unpaired) electrons. The maximum Gasteiger partial charge on any atom is 0.240 e. The van der Waals surface area contributed by atoms with Gasteiger partial charge in [0.15, 0.2) is 5.17 Å². The van der Waals surface area contributed by atoms with Crippen molar-refractivity contribution >= 4 is 56.3 Å². The van der Waals surface area contributed by atoms with E-state index in [-0.39, 0.29) is 29.3 Å². The lowest BCUT2D eigenvalue weighted by atomic mass is 10.2. The Bertz CT molecular complexity index is 650. The largest absolute Gasteiger partial charge is 0.325 e. The Morgan fingerprint density at radius 3 is 2.82 bits per heavy atom. The first kappa shape index (κ1) is 16.5. The van der Waals surface area contributed by atoms with Gasteiger partial charge in [-0.05, 0) is 28.1 Å². The van der Waals surface area contributed by atoms with Gasteiger partial charge in [0.2, 0.25) is 17.7 Å². The SMILES string of the molecule is CC(=O)N/N=C1\NC(=O)[C@H](CC(=O)Nc2ccccc2Br)S1. The van der Waals surface area contributed by atoms with Crippen molar-refractivity contribution in [3.05, 3.63) is 28.7 Å². The van der Waals surface area contributed by atoms with E-state index in [9.17, 15) is 14.4 Å². The van der Waals surface area contributed by atoms with Crippen LogP contribution in [0.4, 0.5) is 5.69 Å². The number of hydrogen-bond donors (Lipinski definition) is 3. The summed E-state index contributed by atoms with van der Waals surface area (Å²) in [6, 6.07) is 7.21. The standard InChI is InChI=1S/C13H13BrN4O3S/c1-7(19)17-18-13-16-12(21)10(22-13)6-11(20)15-9-5-3-2-4-8(9)14/h2-5,10H,6H2,1H3,(H,15,20)(H,17,19)(H,16,18,21)/t10-/m0/s1.